The van der Waals surface area contributed by atoms with Gasteiger partial charge in [0.15, 0.2) is 0 Å². The van der Waals surface area contributed by atoms with E-state index in [1.54, 1.807) is 12.3 Å². The Kier molecular flexibility index (Phi) is 5.37. The summed E-state index contributed by atoms with van der Waals surface area (Å²) in [6.45, 7) is 5.48. The first-order valence-electron chi connectivity index (χ1n) is 9.66. The summed E-state index contributed by atoms with van der Waals surface area (Å²) in [6, 6.07) is 15.5. The second-order valence-electron chi connectivity index (χ2n) is 7.31. The number of benzene rings is 2. The zero-order chi connectivity index (χ0) is 20.4. The molecule has 0 saturated carbocycles. The van der Waals surface area contributed by atoms with Crippen LogP contribution in [0.2, 0.25) is 5.02 Å². The van der Waals surface area contributed by atoms with Gasteiger partial charge >= 0.3 is 0 Å². The Labute approximate surface area is 174 Å². The molecule has 0 aliphatic carbocycles. The summed E-state index contributed by atoms with van der Waals surface area (Å²) in [7, 11) is 0. The van der Waals surface area contributed by atoms with E-state index in [4.69, 9.17) is 16.9 Å². The van der Waals surface area contributed by atoms with Gasteiger partial charge in [0, 0.05) is 29.1 Å². The van der Waals surface area contributed by atoms with Crippen LogP contribution in [0.3, 0.4) is 0 Å². The lowest BCUT2D eigenvalue weighted by atomic mass is 9.93. The maximum Gasteiger partial charge on any atom is 0.249 e. The summed E-state index contributed by atoms with van der Waals surface area (Å²) in [5, 5.41) is 15.1. The second-order valence-corrected chi connectivity index (χ2v) is 7.75. The molecule has 1 aliphatic heterocycles. The number of rotatable bonds is 6. The van der Waals surface area contributed by atoms with E-state index in [0.717, 1.165) is 35.9 Å². The zero-order valence-corrected chi connectivity index (χ0v) is 16.8. The van der Waals surface area contributed by atoms with Crippen molar-refractivity contribution in [3.05, 3.63) is 77.0 Å². The van der Waals surface area contributed by atoms with Crippen molar-refractivity contribution in [1.29, 1.82) is 5.26 Å². The normalized spacial score (nSPS) is 15.7. The van der Waals surface area contributed by atoms with E-state index < -0.39 is 0 Å². The Balaban J connectivity index is 1.33. The number of carbonyl (C=O) groups excluding carboxylic acids is 1. The van der Waals surface area contributed by atoms with Crippen LogP contribution in [0.5, 0.6) is 0 Å². The number of hydrogen-bond donors (Lipinski definition) is 0. The largest absolute Gasteiger partial charge is 0.332 e. The number of amides is 1. The van der Waals surface area contributed by atoms with E-state index in [-0.39, 0.29) is 11.9 Å². The van der Waals surface area contributed by atoms with Crippen LogP contribution >= 0.6 is 11.6 Å². The molecule has 4 rings (SSSR count). The highest BCUT2D eigenvalue weighted by Crippen LogP contribution is 2.35. The van der Waals surface area contributed by atoms with Crippen LogP contribution in [0.15, 0.2) is 60.8 Å². The van der Waals surface area contributed by atoms with Gasteiger partial charge in [0.2, 0.25) is 5.91 Å². The monoisotopic (exact) mass is 404 g/mol. The Hall–Kier alpha value is -3.10. The van der Waals surface area contributed by atoms with E-state index in [9.17, 15) is 4.79 Å². The summed E-state index contributed by atoms with van der Waals surface area (Å²) < 4.78 is 1.91. The van der Waals surface area contributed by atoms with Gasteiger partial charge in [-0.05, 0) is 55.2 Å². The smallest absolute Gasteiger partial charge is 0.249 e. The lowest BCUT2D eigenvalue weighted by Crippen LogP contribution is -2.45. The fraction of sp³-hybridized carbons (Fsp3) is 0.261. The van der Waals surface area contributed by atoms with Crippen LogP contribution in [-0.4, -0.2) is 27.1 Å². The van der Waals surface area contributed by atoms with Gasteiger partial charge in [-0.15, -0.1) is 0 Å². The van der Waals surface area contributed by atoms with Crippen LogP contribution in [-0.2, 0) is 11.3 Å². The van der Waals surface area contributed by atoms with Gasteiger partial charge in [-0.3, -0.25) is 9.48 Å². The van der Waals surface area contributed by atoms with Crippen LogP contribution < -0.4 is 0 Å². The highest BCUT2D eigenvalue weighted by Gasteiger charge is 2.33. The van der Waals surface area contributed by atoms with Crippen molar-refractivity contribution in [3.63, 3.8) is 0 Å². The standard InChI is InChI=1S/C23H21ClN4O/c1-16(23(29)27-12-10-21(27)18-5-7-20(24)8-6-18)3-2-11-28-22-9-4-17(14-25)13-19(22)15-26-28/h4-9,13,15,21H,1-3,10-12H2. The van der Waals surface area contributed by atoms with E-state index in [0.29, 0.717) is 29.1 Å². The third-order valence-corrected chi connectivity index (χ3v) is 5.71. The average Bonchev–Trinajstić information content (AvgIpc) is 3.10. The molecule has 1 fully saturated rings. The second kappa shape index (κ2) is 8.10. The lowest BCUT2D eigenvalue weighted by molar-refractivity contribution is -0.135. The first kappa shape index (κ1) is 19.2. The third kappa shape index (κ3) is 3.90. The fourth-order valence-corrected chi connectivity index (χ4v) is 3.87. The highest BCUT2D eigenvalue weighted by molar-refractivity contribution is 6.30. The van der Waals surface area contributed by atoms with Crippen LogP contribution in [0, 0.1) is 11.3 Å². The molecule has 29 heavy (non-hydrogen) atoms. The Morgan fingerprint density at radius 2 is 2.07 bits per heavy atom. The molecule has 1 aliphatic rings. The minimum atomic E-state index is 0.0279. The molecule has 1 atom stereocenters. The molecule has 2 aromatic carbocycles. The molecule has 0 bridgehead atoms. The fourth-order valence-electron chi connectivity index (χ4n) is 3.75. The highest BCUT2D eigenvalue weighted by atomic mass is 35.5. The van der Waals surface area contributed by atoms with Crippen molar-refractivity contribution < 1.29 is 4.79 Å². The van der Waals surface area contributed by atoms with E-state index in [2.05, 4.69) is 17.7 Å². The summed E-state index contributed by atoms with van der Waals surface area (Å²) in [5.41, 5.74) is 3.36. The van der Waals surface area contributed by atoms with E-state index >= 15 is 0 Å². The first-order chi connectivity index (χ1) is 14.1. The number of nitrogens with zero attached hydrogens (tertiary/aromatic N) is 4. The Morgan fingerprint density at radius 1 is 1.28 bits per heavy atom. The van der Waals surface area contributed by atoms with Gasteiger partial charge in [0.1, 0.15) is 0 Å². The van der Waals surface area contributed by atoms with Crippen molar-refractivity contribution in [2.45, 2.75) is 31.8 Å². The molecule has 146 valence electrons. The summed E-state index contributed by atoms with van der Waals surface area (Å²) in [6.07, 6.45) is 4.14. The number of nitriles is 1. The van der Waals surface area contributed by atoms with Crippen LogP contribution in [0.25, 0.3) is 10.9 Å². The minimum Gasteiger partial charge on any atom is -0.332 e. The van der Waals surface area contributed by atoms with Gasteiger partial charge in [-0.1, -0.05) is 30.3 Å². The topological polar surface area (TPSA) is 61.9 Å². The predicted octanol–water partition coefficient (Wildman–Crippen LogP) is 4.87. The van der Waals surface area contributed by atoms with Gasteiger partial charge < -0.3 is 4.90 Å². The van der Waals surface area contributed by atoms with Gasteiger partial charge in [0.25, 0.3) is 0 Å². The number of carbonyl (C=O) groups is 1. The third-order valence-electron chi connectivity index (χ3n) is 5.46. The minimum absolute atomic E-state index is 0.0279. The molecule has 1 unspecified atom stereocenters. The molecular weight excluding hydrogens is 384 g/mol. The van der Waals surface area contributed by atoms with E-state index in [1.165, 1.54) is 0 Å². The quantitative estimate of drug-likeness (QED) is 0.550. The molecule has 0 radical (unpaired) electrons. The zero-order valence-electron chi connectivity index (χ0n) is 16.0. The maximum atomic E-state index is 12.8. The Morgan fingerprint density at radius 3 is 2.76 bits per heavy atom. The summed E-state index contributed by atoms with van der Waals surface area (Å²) >= 11 is 5.96. The molecule has 6 heteroatoms. The molecule has 0 N–H and O–H groups in total. The summed E-state index contributed by atoms with van der Waals surface area (Å²) in [4.78, 5) is 14.7. The molecule has 1 aromatic heterocycles. The number of aromatic nitrogens is 2. The van der Waals surface area contributed by atoms with Crippen molar-refractivity contribution in [2.75, 3.05) is 6.54 Å². The predicted molar refractivity (Wildman–Crippen MR) is 113 cm³/mol. The van der Waals surface area contributed by atoms with Crippen LogP contribution in [0.1, 0.15) is 36.4 Å². The van der Waals surface area contributed by atoms with Gasteiger partial charge in [-0.2, -0.15) is 10.4 Å². The first-order valence-corrected chi connectivity index (χ1v) is 10.0. The number of aryl methyl sites for hydroxylation is 1. The van der Waals surface area contributed by atoms with E-state index in [1.807, 2.05) is 46.0 Å². The maximum absolute atomic E-state index is 12.8. The SMILES string of the molecule is C=C(CCCn1ncc2cc(C#N)ccc21)C(=O)N1CCC1c1ccc(Cl)cc1. The van der Waals surface area contributed by atoms with Crippen molar-refractivity contribution >= 4 is 28.4 Å². The number of likely N-dealkylation sites (tertiary alicyclic amines) is 1. The lowest BCUT2D eigenvalue weighted by Gasteiger charge is -2.41. The van der Waals surface area contributed by atoms with Crippen molar-refractivity contribution in [1.82, 2.24) is 14.7 Å². The van der Waals surface area contributed by atoms with Crippen molar-refractivity contribution in [3.8, 4) is 6.07 Å². The molecular formula is C23H21ClN4O. The molecule has 1 saturated heterocycles. The van der Waals surface area contributed by atoms with Crippen LogP contribution in [0.4, 0.5) is 0 Å². The number of fused-ring (bicyclic) bond motifs is 1. The molecule has 1 amide bonds. The van der Waals surface area contributed by atoms with Crippen molar-refractivity contribution in [2.24, 2.45) is 0 Å². The molecule has 5 nitrogen and oxygen atoms in total. The molecule has 3 aromatic rings. The van der Waals surface area contributed by atoms with Gasteiger partial charge in [-0.25, -0.2) is 0 Å². The van der Waals surface area contributed by atoms with Gasteiger partial charge in [0.05, 0.1) is 29.4 Å². The Bertz CT molecular complexity index is 1110. The summed E-state index contributed by atoms with van der Waals surface area (Å²) in [5.74, 6) is 0.0279. The molecule has 0 spiro atoms. The molecule has 2 heterocycles. The number of halogens is 1. The number of hydrogen-bond acceptors (Lipinski definition) is 3. The average molecular weight is 405 g/mol.